The van der Waals surface area contributed by atoms with Crippen LogP contribution in [0.2, 0.25) is 0 Å². The fourth-order valence-electron chi connectivity index (χ4n) is 2.08. The molecule has 4 heteroatoms. The molecule has 0 radical (unpaired) electrons. The summed E-state index contributed by atoms with van der Waals surface area (Å²) in [6.07, 6.45) is 0.705. The predicted octanol–water partition coefficient (Wildman–Crippen LogP) is 1.30. The quantitative estimate of drug-likeness (QED) is 0.845. The van der Waals surface area contributed by atoms with Gasteiger partial charge in [-0.2, -0.15) is 0 Å². The fraction of sp³-hybridized carbons (Fsp3) is 0.500. The van der Waals surface area contributed by atoms with Gasteiger partial charge in [-0.15, -0.1) is 0 Å². The van der Waals surface area contributed by atoms with E-state index in [4.69, 9.17) is 9.84 Å². The Bertz CT molecular complexity index is 419. The lowest BCUT2D eigenvalue weighted by atomic mass is 9.92. The van der Waals surface area contributed by atoms with E-state index in [-0.39, 0.29) is 24.3 Å². The molecule has 2 N–H and O–H groups in total. The van der Waals surface area contributed by atoms with Crippen LogP contribution < -0.4 is 10.1 Å². The Labute approximate surface area is 107 Å². The molecule has 0 saturated carbocycles. The summed E-state index contributed by atoms with van der Waals surface area (Å²) in [5.74, 6) is 0.773. The van der Waals surface area contributed by atoms with Gasteiger partial charge in [0, 0.05) is 18.7 Å². The molecule has 2 atom stereocenters. The van der Waals surface area contributed by atoms with Crippen molar-refractivity contribution in [1.82, 2.24) is 5.32 Å². The van der Waals surface area contributed by atoms with Crippen molar-refractivity contribution in [1.29, 1.82) is 0 Å². The highest BCUT2D eigenvalue weighted by atomic mass is 16.5. The first-order chi connectivity index (χ1) is 8.72. The van der Waals surface area contributed by atoms with Gasteiger partial charge in [0.1, 0.15) is 5.75 Å². The largest absolute Gasteiger partial charge is 0.493 e. The smallest absolute Gasteiger partial charge is 0.227 e. The third kappa shape index (κ3) is 2.82. The number of carbonyl (C=O) groups excluding carboxylic acids is 1. The Morgan fingerprint density at radius 2 is 2.33 bits per heavy atom. The van der Waals surface area contributed by atoms with E-state index in [1.807, 2.05) is 31.2 Å². The SMILES string of the molecule is CC(CO)CNC(=O)C1CCOc2ccccc21. The van der Waals surface area contributed by atoms with Gasteiger partial charge in [-0.1, -0.05) is 25.1 Å². The molecule has 2 unspecified atom stereocenters. The number of fused-ring (bicyclic) bond motifs is 1. The molecule has 1 aliphatic heterocycles. The van der Waals surface area contributed by atoms with Gasteiger partial charge in [-0.25, -0.2) is 0 Å². The van der Waals surface area contributed by atoms with E-state index >= 15 is 0 Å². The predicted molar refractivity (Wildman–Crippen MR) is 68.6 cm³/mol. The van der Waals surface area contributed by atoms with Crippen molar-refractivity contribution >= 4 is 5.91 Å². The van der Waals surface area contributed by atoms with Crippen molar-refractivity contribution < 1.29 is 14.6 Å². The monoisotopic (exact) mass is 249 g/mol. The van der Waals surface area contributed by atoms with Crippen molar-refractivity contribution in [2.45, 2.75) is 19.3 Å². The van der Waals surface area contributed by atoms with E-state index in [2.05, 4.69) is 5.32 Å². The first-order valence-electron chi connectivity index (χ1n) is 6.32. The summed E-state index contributed by atoms with van der Waals surface area (Å²) < 4.78 is 5.53. The number of carbonyl (C=O) groups is 1. The van der Waals surface area contributed by atoms with Crippen molar-refractivity contribution in [3.8, 4) is 5.75 Å². The standard InChI is InChI=1S/C14H19NO3/c1-10(9-16)8-15-14(17)12-6-7-18-13-5-3-2-4-11(12)13/h2-5,10,12,16H,6-9H2,1H3,(H,15,17). The fourth-order valence-corrected chi connectivity index (χ4v) is 2.08. The molecule has 1 heterocycles. The van der Waals surface area contributed by atoms with Gasteiger partial charge < -0.3 is 15.2 Å². The maximum absolute atomic E-state index is 12.1. The Hall–Kier alpha value is -1.55. The Kier molecular flexibility index (Phi) is 4.20. The molecular weight excluding hydrogens is 230 g/mol. The van der Waals surface area contributed by atoms with Crippen LogP contribution in [0.1, 0.15) is 24.8 Å². The summed E-state index contributed by atoms with van der Waals surface area (Å²) in [5, 5.41) is 11.8. The maximum Gasteiger partial charge on any atom is 0.227 e. The summed E-state index contributed by atoms with van der Waals surface area (Å²) >= 11 is 0. The molecule has 1 amide bonds. The highest BCUT2D eigenvalue weighted by Crippen LogP contribution is 2.33. The molecule has 18 heavy (non-hydrogen) atoms. The third-order valence-electron chi connectivity index (χ3n) is 3.21. The zero-order valence-electron chi connectivity index (χ0n) is 10.6. The van der Waals surface area contributed by atoms with Crippen LogP contribution in [-0.2, 0) is 4.79 Å². The highest BCUT2D eigenvalue weighted by molar-refractivity contribution is 5.84. The first-order valence-corrected chi connectivity index (χ1v) is 6.32. The maximum atomic E-state index is 12.1. The number of aliphatic hydroxyl groups excluding tert-OH is 1. The van der Waals surface area contributed by atoms with Crippen LogP contribution in [0, 0.1) is 5.92 Å². The van der Waals surface area contributed by atoms with Crippen LogP contribution in [0.5, 0.6) is 5.75 Å². The summed E-state index contributed by atoms with van der Waals surface area (Å²) in [6, 6.07) is 7.66. The minimum absolute atomic E-state index is 0.0195. The van der Waals surface area contributed by atoms with E-state index < -0.39 is 0 Å². The molecule has 2 rings (SSSR count). The van der Waals surface area contributed by atoms with E-state index in [1.54, 1.807) is 0 Å². The number of ether oxygens (including phenoxy) is 1. The van der Waals surface area contributed by atoms with Gasteiger partial charge in [0.15, 0.2) is 0 Å². The van der Waals surface area contributed by atoms with Crippen LogP contribution in [-0.4, -0.2) is 30.8 Å². The number of rotatable bonds is 4. The lowest BCUT2D eigenvalue weighted by Crippen LogP contribution is -2.35. The second-order valence-electron chi connectivity index (χ2n) is 4.76. The number of amides is 1. The number of hydrogen-bond acceptors (Lipinski definition) is 3. The second-order valence-corrected chi connectivity index (χ2v) is 4.76. The number of nitrogens with one attached hydrogen (secondary N) is 1. The zero-order chi connectivity index (χ0) is 13.0. The van der Waals surface area contributed by atoms with Crippen molar-refractivity contribution in [3.05, 3.63) is 29.8 Å². The van der Waals surface area contributed by atoms with Gasteiger partial charge >= 0.3 is 0 Å². The topological polar surface area (TPSA) is 58.6 Å². The van der Waals surface area contributed by atoms with Crippen molar-refractivity contribution in [3.63, 3.8) is 0 Å². The molecule has 0 aliphatic carbocycles. The van der Waals surface area contributed by atoms with Crippen LogP contribution in [0.4, 0.5) is 0 Å². The molecule has 0 fully saturated rings. The van der Waals surface area contributed by atoms with Crippen LogP contribution in [0.25, 0.3) is 0 Å². The van der Waals surface area contributed by atoms with Gasteiger partial charge in [0.05, 0.1) is 12.5 Å². The van der Waals surface area contributed by atoms with E-state index in [0.29, 0.717) is 19.6 Å². The molecule has 0 saturated heterocycles. The van der Waals surface area contributed by atoms with Gasteiger partial charge in [-0.3, -0.25) is 4.79 Å². The molecule has 0 spiro atoms. The number of benzene rings is 1. The van der Waals surface area contributed by atoms with Gasteiger partial charge in [-0.05, 0) is 18.4 Å². The highest BCUT2D eigenvalue weighted by Gasteiger charge is 2.27. The molecule has 1 aliphatic rings. The summed E-state index contributed by atoms with van der Waals surface area (Å²) in [4.78, 5) is 12.1. The summed E-state index contributed by atoms with van der Waals surface area (Å²) in [6.45, 7) is 3.07. The Morgan fingerprint density at radius 3 is 3.11 bits per heavy atom. The lowest BCUT2D eigenvalue weighted by Gasteiger charge is -2.25. The van der Waals surface area contributed by atoms with E-state index in [9.17, 15) is 4.79 Å². The molecule has 1 aromatic carbocycles. The minimum atomic E-state index is -0.138. The van der Waals surface area contributed by atoms with Gasteiger partial charge in [0.25, 0.3) is 0 Å². The molecule has 1 aromatic rings. The molecule has 98 valence electrons. The van der Waals surface area contributed by atoms with E-state index in [1.165, 1.54) is 0 Å². The summed E-state index contributed by atoms with van der Waals surface area (Å²) in [5.41, 5.74) is 0.956. The number of hydrogen-bond donors (Lipinski definition) is 2. The average molecular weight is 249 g/mol. The Morgan fingerprint density at radius 1 is 1.56 bits per heavy atom. The van der Waals surface area contributed by atoms with Crippen LogP contribution in [0.3, 0.4) is 0 Å². The van der Waals surface area contributed by atoms with Crippen LogP contribution in [0.15, 0.2) is 24.3 Å². The molecule has 0 bridgehead atoms. The normalized spacial score (nSPS) is 19.6. The lowest BCUT2D eigenvalue weighted by molar-refractivity contribution is -0.123. The Balaban J connectivity index is 2.04. The molecular formula is C14H19NO3. The minimum Gasteiger partial charge on any atom is -0.493 e. The zero-order valence-corrected chi connectivity index (χ0v) is 10.6. The molecule has 0 aromatic heterocycles. The number of para-hydroxylation sites is 1. The average Bonchev–Trinajstić information content (AvgIpc) is 2.43. The van der Waals surface area contributed by atoms with Gasteiger partial charge in [0.2, 0.25) is 5.91 Å². The molecule has 4 nitrogen and oxygen atoms in total. The summed E-state index contributed by atoms with van der Waals surface area (Å²) in [7, 11) is 0. The first kappa shape index (κ1) is 12.9. The van der Waals surface area contributed by atoms with Crippen molar-refractivity contribution in [2.75, 3.05) is 19.8 Å². The van der Waals surface area contributed by atoms with Crippen LogP contribution >= 0.6 is 0 Å². The van der Waals surface area contributed by atoms with E-state index in [0.717, 1.165) is 11.3 Å². The second kappa shape index (κ2) is 5.87. The number of aliphatic hydroxyl groups is 1. The third-order valence-corrected chi connectivity index (χ3v) is 3.21. The van der Waals surface area contributed by atoms with Crippen molar-refractivity contribution in [2.24, 2.45) is 5.92 Å².